The Kier molecular flexibility index (Phi) is 4.56. The summed E-state index contributed by atoms with van der Waals surface area (Å²) in [5, 5.41) is 22.7. The second-order valence-electron chi connectivity index (χ2n) is 5.85. The molecule has 0 atom stereocenters. The third-order valence-electron chi connectivity index (χ3n) is 4.17. The van der Waals surface area contributed by atoms with Crippen molar-refractivity contribution in [3.8, 4) is 5.75 Å². The van der Waals surface area contributed by atoms with Gasteiger partial charge in [-0.15, -0.1) is 48.1 Å². The maximum Gasteiger partial charge on any atom is 0.143 e. The van der Waals surface area contributed by atoms with Gasteiger partial charge < -0.3 is 5.11 Å². The lowest BCUT2D eigenvalue weighted by Gasteiger charge is -2.08. The van der Waals surface area contributed by atoms with Crippen molar-refractivity contribution >= 4 is 70.8 Å². The molecule has 4 aromatic carbocycles. The smallest absolute Gasteiger partial charge is 0.143 e. The Morgan fingerprint density at radius 1 is 0.731 bits per heavy atom. The van der Waals surface area contributed by atoms with Gasteiger partial charge in [-0.1, -0.05) is 30.3 Å². The van der Waals surface area contributed by atoms with Crippen molar-refractivity contribution in [1.29, 1.82) is 0 Å². The van der Waals surface area contributed by atoms with Gasteiger partial charge in [-0.2, -0.15) is 0 Å². The van der Waals surface area contributed by atoms with E-state index in [-0.39, 0.29) is 5.75 Å². The summed E-state index contributed by atoms with van der Waals surface area (Å²) in [6, 6.07) is 18.8. The molecule has 1 N–H and O–H groups in total. The number of phenolic OH excluding ortho intramolecular Hbond substituents is 1. The van der Waals surface area contributed by atoms with E-state index in [0.717, 1.165) is 31.3 Å². The average molecular weight is 395 g/mol. The van der Waals surface area contributed by atoms with Crippen LogP contribution in [0, 0.1) is 0 Å². The van der Waals surface area contributed by atoms with Crippen molar-refractivity contribution in [2.24, 2.45) is 10.2 Å². The van der Waals surface area contributed by atoms with Gasteiger partial charge in [-0.25, -0.2) is 0 Å². The molecule has 0 aliphatic carbocycles. The molecule has 3 nitrogen and oxygen atoms in total. The van der Waals surface area contributed by atoms with Crippen LogP contribution in [0.5, 0.6) is 5.75 Å². The summed E-state index contributed by atoms with van der Waals surface area (Å²) >= 11 is 13.4. The molecule has 0 spiro atoms. The number of thiol groups is 3. The SMILES string of the molecule is Oc1ccc2cc(S)cc(S)c2c1N=Nc1ccc(S)c2ccccc12. The third kappa shape index (κ3) is 3.05. The Labute approximate surface area is 167 Å². The van der Waals surface area contributed by atoms with E-state index < -0.39 is 0 Å². The second kappa shape index (κ2) is 6.87. The summed E-state index contributed by atoms with van der Waals surface area (Å²) < 4.78 is 0. The van der Waals surface area contributed by atoms with Gasteiger partial charge in [0.05, 0.1) is 5.69 Å². The minimum Gasteiger partial charge on any atom is -0.506 e. The van der Waals surface area contributed by atoms with E-state index in [1.807, 2.05) is 54.6 Å². The largest absolute Gasteiger partial charge is 0.506 e. The predicted molar refractivity (Wildman–Crippen MR) is 115 cm³/mol. The maximum absolute atomic E-state index is 10.3. The summed E-state index contributed by atoms with van der Waals surface area (Å²) in [5.41, 5.74) is 1.10. The lowest BCUT2D eigenvalue weighted by atomic mass is 10.1. The van der Waals surface area contributed by atoms with Gasteiger partial charge in [0, 0.05) is 25.5 Å². The van der Waals surface area contributed by atoms with Crippen LogP contribution in [0.2, 0.25) is 0 Å². The van der Waals surface area contributed by atoms with Crippen molar-refractivity contribution in [2.75, 3.05) is 0 Å². The maximum atomic E-state index is 10.3. The lowest BCUT2D eigenvalue weighted by molar-refractivity contribution is 0.477. The fourth-order valence-corrected chi connectivity index (χ4v) is 3.97. The summed E-state index contributed by atoms with van der Waals surface area (Å²) in [7, 11) is 0. The molecule has 128 valence electrons. The molecule has 4 aromatic rings. The first-order chi connectivity index (χ1) is 12.5. The van der Waals surface area contributed by atoms with Crippen molar-refractivity contribution in [1.82, 2.24) is 0 Å². The van der Waals surface area contributed by atoms with E-state index in [1.54, 1.807) is 6.07 Å². The van der Waals surface area contributed by atoms with Gasteiger partial charge in [-0.05, 0) is 41.1 Å². The highest BCUT2D eigenvalue weighted by molar-refractivity contribution is 7.81. The Morgan fingerprint density at radius 3 is 2.31 bits per heavy atom. The van der Waals surface area contributed by atoms with Crippen molar-refractivity contribution < 1.29 is 5.11 Å². The van der Waals surface area contributed by atoms with Gasteiger partial charge in [-0.3, -0.25) is 0 Å². The molecule has 0 saturated carbocycles. The topological polar surface area (TPSA) is 45.0 Å². The van der Waals surface area contributed by atoms with E-state index in [9.17, 15) is 5.11 Å². The molecule has 6 heteroatoms. The number of rotatable bonds is 2. The van der Waals surface area contributed by atoms with Crippen LogP contribution in [0.25, 0.3) is 21.5 Å². The number of benzene rings is 4. The van der Waals surface area contributed by atoms with Crippen molar-refractivity contribution in [3.05, 3.63) is 60.7 Å². The van der Waals surface area contributed by atoms with Crippen LogP contribution in [0.1, 0.15) is 0 Å². The van der Waals surface area contributed by atoms with Crippen LogP contribution in [0.15, 0.2) is 85.6 Å². The zero-order valence-electron chi connectivity index (χ0n) is 13.5. The summed E-state index contributed by atoms with van der Waals surface area (Å²) in [5.74, 6) is 0.0542. The lowest BCUT2D eigenvalue weighted by Crippen LogP contribution is -1.80. The van der Waals surface area contributed by atoms with Gasteiger partial charge in [0.15, 0.2) is 0 Å². The van der Waals surface area contributed by atoms with Crippen molar-refractivity contribution in [3.63, 3.8) is 0 Å². The summed E-state index contributed by atoms with van der Waals surface area (Å²) in [6.07, 6.45) is 0. The van der Waals surface area contributed by atoms with Crippen LogP contribution >= 0.6 is 37.9 Å². The van der Waals surface area contributed by atoms with Gasteiger partial charge in [0.1, 0.15) is 11.4 Å². The molecule has 0 aliphatic rings. The minimum atomic E-state index is 0.0542. The predicted octanol–water partition coefficient (Wildman–Crippen LogP) is 6.98. The molecule has 0 amide bonds. The number of nitrogens with zero attached hydrogens (tertiary/aromatic N) is 2. The molecule has 4 rings (SSSR count). The first-order valence-electron chi connectivity index (χ1n) is 7.85. The standard InChI is InChI=1S/C20H14N2OS3/c23-16-7-5-11-9-12(24)10-18(26)19(11)20(16)22-21-15-6-8-17(25)14-4-2-1-3-13(14)15/h1-10,23-26H. The molecule has 0 unspecified atom stereocenters. The summed E-state index contributed by atoms with van der Waals surface area (Å²) in [4.78, 5) is 2.37. The minimum absolute atomic E-state index is 0.0542. The molecule has 0 saturated heterocycles. The third-order valence-corrected chi connectivity index (χ3v) is 5.17. The highest BCUT2D eigenvalue weighted by Crippen LogP contribution is 2.41. The highest BCUT2D eigenvalue weighted by Gasteiger charge is 2.11. The number of aromatic hydroxyl groups is 1. The fraction of sp³-hybridized carbons (Fsp3) is 0. The fourth-order valence-electron chi connectivity index (χ4n) is 2.96. The monoisotopic (exact) mass is 394 g/mol. The molecule has 0 fully saturated rings. The zero-order valence-corrected chi connectivity index (χ0v) is 16.1. The van der Waals surface area contributed by atoms with E-state index in [0.29, 0.717) is 16.3 Å². The Bertz CT molecular complexity index is 1190. The number of hydrogen-bond acceptors (Lipinski definition) is 6. The average Bonchev–Trinajstić information content (AvgIpc) is 2.63. The molecule has 0 heterocycles. The van der Waals surface area contributed by atoms with Crippen molar-refractivity contribution in [2.45, 2.75) is 14.7 Å². The van der Waals surface area contributed by atoms with E-state index in [1.165, 1.54) is 0 Å². The van der Waals surface area contributed by atoms with E-state index in [4.69, 9.17) is 0 Å². The Hall–Kier alpha value is -2.15. The Morgan fingerprint density at radius 2 is 1.50 bits per heavy atom. The first-order valence-corrected chi connectivity index (χ1v) is 9.19. The molecular formula is C20H14N2OS3. The van der Waals surface area contributed by atoms with Crippen LogP contribution < -0.4 is 0 Å². The molecule has 26 heavy (non-hydrogen) atoms. The van der Waals surface area contributed by atoms with Crippen LogP contribution in [0.4, 0.5) is 11.4 Å². The molecule has 0 bridgehead atoms. The normalized spacial score (nSPS) is 11.7. The molecule has 0 aromatic heterocycles. The molecular weight excluding hydrogens is 380 g/mol. The van der Waals surface area contributed by atoms with Gasteiger partial charge >= 0.3 is 0 Å². The number of phenols is 1. The van der Waals surface area contributed by atoms with E-state index in [2.05, 4.69) is 48.1 Å². The number of hydrogen-bond donors (Lipinski definition) is 4. The van der Waals surface area contributed by atoms with Crippen LogP contribution in [-0.2, 0) is 0 Å². The van der Waals surface area contributed by atoms with Gasteiger partial charge in [0.2, 0.25) is 0 Å². The van der Waals surface area contributed by atoms with Crippen LogP contribution in [-0.4, -0.2) is 5.11 Å². The first kappa shape index (κ1) is 17.3. The Balaban J connectivity index is 1.91. The summed E-state index contributed by atoms with van der Waals surface area (Å²) in [6.45, 7) is 0. The van der Waals surface area contributed by atoms with Gasteiger partial charge in [0.25, 0.3) is 0 Å². The molecule has 0 aliphatic heterocycles. The van der Waals surface area contributed by atoms with E-state index >= 15 is 0 Å². The molecule has 0 radical (unpaired) electrons. The quantitative estimate of drug-likeness (QED) is 0.215. The highest BCUT2D eigenvalue weighted by atomic mass is 32.1. The zero-order chi connectivity index (χ0) is 18.3. The second-order valence-corrected chi connectivity index (χ2v) is 7.33. The number of fused-ring (bicyclic) bond motifs is 2. The van der Waals surface area contributed by atoms with Crippen LogP contribution in [0.3, 0.4) is 0 Å². The number of azo groups is 1.